The van der Waals surface area contributed by atoms with Crippen LogP contribution in [0.15, 0.2) is 18.2 Å². The Morgan fingerprint density at radius 2 is 2.06 bits per heavy atom. The van der Waals surface area contributed by atoms with E-state index in [-0.39, 0.29) is 18.3 Å². The summed E-state index contributed by atoms with van der Waals surface area (Å²) in [6.45, 7) is 5.83. The number of hydrogen-bond donors (Lipinski definition) is 2. The maximum Gasteiger partial charge on any atom is 0.231 e. The summed E-state index contributed by atoms with van der Waals surface area (Å²) in [5.41, 5.74) is 6.62. The number of halogens is 2. The minimum absolute atomic E-state index is 0. The van der Waals surface area contributed by atoms with E-state index in [1.165, 1.54) is 0 Å². The molecular weight excluding hydrogens is 259 g/mol. The van der Waals surface area contributed by atoms with Crippen molar-refractivity contribution in [1.29, 1.82) is 0 Å². The summed E-state index contributed by atoms with van der Waals surface area (Å²) in [6, 6.07) is 5.50. The molecule has 0 unspecified atom stereocenters. The van der Waals surface area contributed by atoms with E-state index in [1.807, 2.05) is 19.1 Å². The van der Waals surface area contributed by atoms with Crippen molar-refractivity contribution >= 4 is 35.6 Å². The molecule has 3 nitrogen and oxygen atoms in total. The zero-order valence-electron chi connectivity index (χ0n) is 10.2. The minimum atomic E-state index is -0.590. The van der Waals surface area contributed by atoms with Gasteiger partial charge in [-0.05, 0) is 38.5 Å². The molecule has 0 heterocycles. The van der Waals surface area contributed by atoms with E-state index in [0.29, 0.717) is 17.3 Å². The van der Waals surface area contributed by atoms with Crippen LogP contribution in [-0.2, 0) is 4.79 Å². The molecule has 0 spiro atoms. The SMILES string of the molecule is Cc1ccc(Cl)c(NC(=O)C(C)(C)CN)c1.Cl. The van der Waals surface area contributed by atoms with E-state index in [2.05, 4.69) is 5.32 Å². The Hall–Kier alpha value is -0.770. The number of aryl methyl sites for hydroxylation is 1. The molecule has 0 aliphatic rings. The number of amides is 1. The molecule has 0 aliphatic heterocycles. The number of carbonyl (C=O) groups excluding carboxylic acids is 1. The fraction of sp³-hybridized carbons (Fsp3) is 0.417. The van der Waals surface area contributed by atoms with Crippen molar-refractivity contribution in [3.8, 4) is 0 Å². The van der Waals surface area contributed by atoms with Gasteiger partial charge in [0.2, 0.25) is 5.91 Å². The van der Waals surface area contributed by atoms with Gasteiger partial charge >= 0.3 is 0 Å². The standard InChI is InChI=1S/C12H17ClN2O.ClH/c1-8-4-5-9(13)10(6-8)15-11(16)12(2,3)7-14;/h4-6H,7,14H2,1-3H3,(H,15,16);1H. The molecule has 0 aliphatic carbocycles. The molecule has 0 atom stereocenters. The van der Waals surface area contributed by atoms with Gasteiger partial charge in [-0.3, -0.25) is 4.79 Å². The molecule has 3 N–H and O–H groups in total. The lowest BCUT2D eigenvalue weighted by molar-refractivity contribution is -0.123. The molecule has 1 aromatic carbocycles. The highest BCUT2D eigenvalue weighted by atomic mass is 35.5. The number of carbonyl (C=O) groups is 1. The Morgan fingerprint density at radius 1 is 1.47 bits per heavy atom. The van der Waals surface area contributed by atoms with Crippen molar-refractivity contribution in [3.63, 3.8) is 0 Å². The molecule has 1 aromatic rings. The predicted octanol–water partition coefficient (Wildman–Crippen LogP) is 2.99. The van der Waals surface area contributed by atoms with E-state index >= 15 is 0 Å². The summed E-state index contributed by atoms with van der Waals surface area (Å²) in [7, 11) is 0. The number of hydrogen-bond acceptors (Lipinski definition) is 2. The Bertz CT molecular complexity index is 405. The van der Waals surface area contributed by atoms with Gasteiger partial charge in [0.05, 0.1) is 16.1 Å². The van der Waals surface area contributed by atoms with Gasteiger partial charge in [-0.25, -0.2) is 0 Å². The largest absolute Gasteiger partial charge is 0.329 e. The van der Waals surface area contributed by atoms with Crippen molar-refractivity contribution in [2.75, 3.05) is 11.9 Å². The first-order valence-electron chi connectivity index (χ1n) is 5.14. The molecule has 0 fully saturated rings. The van der Waals surface area contributed by atoms with Gasteiger partial charge in [-0.2, -0.15) is 0 Å². The Kier molecular flexibility index (Phi) is 5.96. The van der Waals surface area contributed by atoms with Crippen LogP contribution in [0.5, 0.6) is 0 Å². The second-order valence-electron chi connectivity index (χ2n) is 4.53. The molecule has 1 rings (SSSR count). The van der Waals surface area contributed by atoms with E-state index < -0.39 is 5.41 Å². The highest BCUT2D eigenvalue weighted by molar-refractivity contribution is 6.33. The van der Waals surface area contributed by atoms with Crippen molar-refractivity contribution < 1.29 is 4.79 Å². The van der Waals surface area contributed by atoms with Crippen molar-refractivity contribution in [1.82, 2.24) is 0 Å². The topological polar surface area (TPSA) is 55.1 Å². The maximum absolute atomic E-state index is 11.9. The van der Waals surface area contributed by atoms with Gasteiger partial charge in [-0.1, -0.05) is 17.7 Å². The summed E-state index contributed by atoms with van der Waals surface area (Å²) in [5, 5.41) is 3.33. The quantitative estimate of drug-likeness (QED) is 0.892. The van der Waals surface area contributed by atoms with E-state index in [0.717, 1.165) is 5.56 Å². The molecule has 17 heavy (non-hydrogen) atoms. The van der Waals surface area contributed by atoms with Crippen LogP contribution < -0.4 is 11.1 Å². The third-order valence-electron chi connectivity index (χ3n) is 2.50. The Balaban J connectivity index is 0.00000256. The zero-order valence-corrected chi connectivity index (χ0v) is 11.8. The first-order valence-corrected chi connectivity index (χ1v) is 5.52. The molecule has 0 bridgehead atoms. The molecule has 0 saturated heterocycles. The predicted molar refractivity (Wildman–Crippen MR) is 74.9 cm³/mol. The fourth-order valence-electron chi connectivity index (χ4n) is 1.12. The van der Waals surface area contributed by atoms with E-state index in [9.17, 15) is 4.79 Å². The summed E-state index contributed by atoms with van der Waals surface area (Å²) in [6.07, 6.45) is 0. The van der Waals surface area contributed by atoms with Crippen LogP contribution in [0.3, 0.4) is 0 Å². The fourth-order valence-corrected chi connectivity index (χ4v) is 1.28. The number of anilines is 1. The highest BCUT2D eigenvalue weighted by Crippen LogP contribution is 2.25. The van der Waals surface area contributed by atoms with Gasteiger partial charge in [-0.15, -0.1) is 12.4 Å². The highest BCUT2D eigenvalue weighted by Gasteiger charge is 2.26. The average molecular weight is 277 g/mol. The smallest absolute Gasteiger partial charge is 0.231 e. The third kappa shape index (κ3) is 4.19. The van der Waals surface area contributed by atoms with E-state index in [1.54, 1.807) is 19.9 Å². The number of nitrogens with two attached hydrogens (primary N) is 1. The molecule has 0 saturated carbocycles. The van der Waals surface area contributed by atoms with Crippen molar-refractivity contribution in [2.45, 2.75) is 20.8 Å². The first kappa shape index (κ1) is 16.2. The maximum atomic E-state index is 11.9. The van der Waals surface area contributed by atoms with Crippen molar-refractivity contribution in [3.05, 3.63) is 28.8 Å². The lowest BCUT2D eigenvalue weighted by Crippen LogP contribution is -2.37. The average Bonchev–Trinajstić information content (AvgIpc) is 2.23. The van der Waals surface area contributed by atoms with Crippen LogP contribution in [0, 0.1) is 12.3 Å². The van der Waals surface area contributed by atoms with E-state index in [4.69, 9.17) is 17.3 Å². The molecule has 0 aromatic heterocycles. The number of nitrogens with one attached hydrogen (secondary N) is 1. The second kappa shape index (κ2) is 6.24. The normalized spacial score (nSPS) is 10.6. The third-order valence-corrected chi connectivity index (χ3v) is 2.82. The van der Waals surface area contributed by atoms with Crippen molar-refractivity contribution in [2.24, 2.45) is 11.1 Å². The number of rotatable bonds is 3. The molecule has 5 heteroatoms. The number of benzene rings is 1. The lowest BCUT2D eigenvalue weighted by atomic mass is 9.92. The summed E-state index contributed by atoms with van der Waals surface area (Å²) in [5.74, 6) is -0.123. The Labute approximate surface area is 113 Å². The summed E-state index contributed by atoms with van der Waals surface area (Å²) < 4.78 is 0. The Morgan fingerprint density at radius 3 is 2.59 bits per heavy atom. The second-order valence-corrected chi connectivity index (χ2v) is 4.93. The van der Waals surface area contributed by atoms with Crippen LogP contribution in [0.4, 0.5) is 5.69 Å². The van der Waals surface area contributed by atoms with Gasteiger partial charge in [0.1, 0.15) is 0 Å². The van der Waals surface area contributed by atoms with Crippen LogP contribution in [0.2, 0.25) is 5.02 Å². The van der Waals surface area contributed by atoms with Gasteiger partial charge < -0.3 is 11.1 Å². The lowest BCUT2D eigenvalue weighted by Gasteiger charge is -2.21. The molecular formula is C12H18Cl2N2O. The minimum Gasteiger partial charge on any atom is -0.329 e. The van der Waals surface area contributed by atoms with Crippen LogP contribution in [-0.4, -0.2) is 12.5 Å². The van der Waals surface area contributed by atoms with Crippen LogP contribution in [0.25, 0.3) is 0 Å². The van der Waals surface area contributed by atoms with Gasteiger partial charge in [0.25, 0.3) is 0 Å². The zero-order chi connectivity index (χ0) is 12.3. The first-order chi connectivity index (χ1) is 7.36. The van der Waals surface area contributed by atoms with Crippen LogP contribution >= 0.6 is 24.0 Å². The van der Waals surface area contributed by atoms with Crippen LogP contribution in [0.1, 0.15) is 19.4 Å². The van der Waals surface area contributed by atoms with Gasteiger partial charge in [0.15, 0.2) is 0 Å². The molecule has 1 amide bonds. The molecule has 0 radical (unpaired) electrons. The monoisotopic (exact) mass is 276 g/mol. The van der Waals surface area contributed by atoms with Gasteiger partial charge in [0, 0.05) is 6.54 Å². The molecule has 96 valence electrons. The summed E-state index contributed by atoms with van der Waals surface area (Å²) >= 11 is 5.99. The summed E-state index contributed by atoms with van der Waals surface area (Å²) in [4.78, 5) is 11.9.